The lowest BCUT2D eigenvalue weighted by Crippen LogP contribution is -2.39. The fourth-order valence-corrected chi connectivity index (χ4v) is 3.84. The molecular formula is C24H32N3+. The summed E-state index contributed by atoms with van der Waals surface area (Å²) < 4.78 is 4.75. The van der Waals surface area contributed by atoms with Gasteiger partial charge in [-0.3, -0.25) is 4.90 Å². The molecule has 142 valence electrons. The molecule has 0 radical (unpaired) electrons. The fourth-order valence-electron chi connectivity index (χ4n) is 3.84. The molecule has 0 bridgehead atoms. The van der Waals surface area contributed by atoms with Gasteiger partial charge in [0.1, 0.15) is 13.1 Å². The quantitative estimate of drug-likeness (QED) is 0.527. The second-order valence-corrected chi connectivity index (χ2v) is 7.80. The summed E-state index contributed by atoms with van der Waals surface area (Å²) in [5, 5.41) is 0. The molecule has 0 aliphatic heterocycles. The van der Waals surface area contributed by atoms with E-state index in [1.54, 1.807) is 0 Å². The zero-order valence-electron chi connectivity index (χ0n) is 17.1. The molecule has 0 spiro atoms. The maximum Gasteiger partial charge on any atom is 0.245 e. The van der Waals surface area contributed by atoms with Crippen LogP contribution in [0.4, 0.5) is 0 Å². The van der Waals surface area contributed by atoms with Gasteiger partial charge in [-0.25, -0.2) is 9.13 Å². The lowest BCUT2D eigenvalue weighted by atomic mass is 10.1. The van der Waals surface area contributed by atoms with Crippen molar-refractivity contribution in [2.45, 2.75) is 52.9 Å². The summed E-state index contributed by atoms with van der Waals surface area (Å²) in [7, 11) is 0. The number of hydrogen-bond acceptors (Lipinski definition) is 1. The topological polar surface area (TPSA) is 12.0 Å². The standard InChI is InChI=1S/C24H32N3/c1-6-21-11-13-22(14-12-21)17-26-18-25(23-9-7-8-10-24(23)26)15-16-27(19(2)3)20(4)5/h6-14,18-20H,1,15-17H2,2-5H3/q+1. The van der Waals surface area contributed by atoms with Gasteiger partial charge in [0.2, 0.25) is 6.33 Å². The highest BCUT2D eigenvalue weighted by atomic mass is 15.2. The second kappa shape index (κ2) is 8.53. The van der Waals surface area contributed by atoms with Gasteiger partial charge >= 0.3 is 0 Å². The van der Waals surface area contributed by atoms with E-state index in [4.69, 9.17) is 0 Å². The number of aromatic nitrogens is 2. The third kappa shape index (κ3) is 4.48. The molecule has 0 atom stereocenters. The van der Waals surface area contributed by atoms with Crippen LogP contribution in [0.15, 0.2) is 61.4 Å². The van der Waals surface area contributed by atoms with E-state index in [-0.39, 0.29) is 0 Å². The Bertz CT molecular complexity index is 880. The first-order valence-corrected chi connectivity index (χ1v) is 9.94. The van der Waals surface area contributed by atoms with Gasteiger partial charge in [0, 0.05) is 18.6 Å². The Labute approximate surface area is 163 Å². The van der Waals surface area contributed by atoms with Crippen LogP contribution < -0.4 is 4.57 Å². The molecule has 3 rings (SSSR count). The van der Waals surface area contributed by atoms with Crippen molar-refractivity contribution < 1.29 is 4.57 Å². The van der Waals surface area contributed by atoms with Gasteiger partial charge in [-0.15, -0.1) is 0 Å². The average molecular weight is 363 g/mol. The van der Waals surface area contributed by atoms with Crippen molar-refractivity contribution in [3.05, 3.63) is 72.6 Å². The van der Waals surface area contributed by atoms with E-state index in [0.29, 0.717) is 12.1 Å². The minimum Gasteiger partial charge on any atom is -0.295 e. The molecule has 0 N–H and O–H groups in total. The average Bonchev–Trinajstić information content (AvgIpc) is 3.00. The normalized spacial score (nSPS) is 11.8. The van der Waals surface area contributed by atoms with Gasteiger partial charge in [-0.1, -0.05) is 49.1 Å². The van der Waals surface area contributed by atoms with Crippen LogP contribution in [0.5, 0.6) is 0 Å². The van der Waals surface area contributed by atoms with Crippen molar-refractivity contribution >= 4 is 17.1 Å². The van der Waals surface area contributed by atoms with E-state index in [0.717, 1.165) is 25.2 Å². The summed E-state index contributed by atoms with van der Waals surface area (Å²) in [6.45, 7) is 15.9. The molecule has 0 saturated carbocycles. The fraction of sp³-hybridized carbons (Fsp3) is 0.375. The van der Waals surface area contributed by atoms with Gasteiger partial charge in [-0.05, 0) is 51.0 Å². The summed E-state index contributed by atoms with van der Waals surface area (Å²) in [6, 6.07) is 18.4. The predicted molar refractivity (Wildman–Crippen MR) is 115 cm³/mol. The number of fused-ring (bicyclic) bond motifs is 1. The SMILES string of the molecule is C=Cc1ccc(C[n+]2cn(CCN(C(C)C)C(C)C)c3ccccc32)cc1. The Morgan fingerprint density at radius 1 is 1.00 bits per heavy atom. The molecule has 1 heterocycles. The van der Waals surface area contributed by atoms with Crippen LogP contribution in [-0.4, -0.2) is 28.1 Å². The lowest BCUT2D eigenvalue weighted by molar-refractivity contribution is -0.663. The summed E-state index contributed by atoms with van der Waals surface area (Å²) in [5.41, 5.74) is 5.05. The number of benzene rings is 2. The molecular weight excluding hydrogens is 330 g/mol. The van der Waals surface area contributed by atoms with E-state index >= 15 is 0 Å². The Balaban J connectivity index is 1.85. The van der Waals surface area contributed by atoms with E-state index in [1.807, 2.05) is 6.08 Å². The monoisotopic (exact) mass is 362 g/mol. The number of imidazole rings is 1. The highest BCUT2D eigenvalue weighted by molar-refractivity contribution is 5.71. The maximum absolute atomic E-state index is 3.84. The highest BCUT2D eigenvalue weighted by Crippen LogP contribution is 2.14. The minimum absolute atomic E-state index is 0.558. The number of para-hydroxylation sites is 2. The van der Waals surface area contributed by atoms with Crippen molar-refractivity contribution in [3.8, 4) is 0 Å². The lowest BCUT2D eigenvalue weighted by Gasteiger charge is -2.29. The Morgan fingerprint density at radius 2 is 1.67 bits per heavy atom. The zero-order valence-corrected chi connectivity index (χ0v) is 17.1. The van der Waals surface area contributed by atoms with Crippen LogP contribution in [0.3, 0.4) is 0 Å². The zero-order chi connectivity index (χ0) is 19.4. The van der Waals surface area contributed by atoms with Crippen molar-refractivity contribution in [2.75, 3.05) is 6.54 Å². The third-order valence-electron chi connectivity index (χ3n) is 5.27. The van der Waals surface area contributed by atoms with Crippen LogP contribution in [0.25, 0.3) is 17.1 Å². The molecule has 3 nitrogen and oxygen atoms in total. The van der Waals surface area contributed by atoms with E-state index in [2.05, 4.69) is 103 Å². The third-order valence-corrected chi connectivity index (χ3v) is 5.27. The molecule has 2 aromatic carbocycles. The Morgan fingerprint density at radius 3 is 2.30 bits per heavy atom. The summed E-state index contributed by atoms with van der Waals surface area (Å²) in [6.07, 6.45) is 4.16. The smallest absolute Gasteiger partial charge is 0.245 e. The Kier molecular flexibility index (Phi) is 6.12. The number of nitrogens with zero attached hydrogens (tertiary/aromatic N) is 3. The summed E-state index contributed by atoms with van der Waals surface area (Å²) >= 11 is 0. The van der Waals surface area contributed by atoms with Crippen LogP contribution in [0.2, 0.25) is 0 Å². The molecule has 0 fully saturated rings. The molecule has 3 aromatic rings. The number of hydrogen-bond donors (Lipinski definition) is 0. The minimum atomic E-state index is 0.558. The number of rotatable bonds is 8. The largest absolute Gasteiger partial charge is 0.295 e. The van der Waals surface area contributed by atoms with E-state index in [9.17, 15) is 0 Å². The van der Waals surface area contributed by atoms with Crippen molar-refractivity contribution in [2.24, 2.45) is 0 Å². The van der Waals surface area contributed by atoms with Crippen LogP contribution in [0.1, 0.15) is 38.8 Å². The Hall–Kier alpha value is -2.39. The molecule has 0 aliphatic carbocycles. The van der Waals surface area contributed by atoms with Crippen molar-refractivity contribution in [1.29, 1.82) is 0 Å². The molecule has 1 aromatic heterocycles. The van der Waals surface area contributed by atoms with Crippen molar-refractivity contribution in [3.63, 3.8) is 0 Å². The van der Waals surface area contributed by atoms with Crippen LogP contribution >= 0.6 is 0 Å². The van der Waals surface area contributed by atoms with Gasteiger partial charge < -0.3 is 0 Å². The summed E-state index contributed by atoms with van der Waals surface area (Å²) in [4.78, 5) is 2.55. The van der Waals surface area contributed by atoms with E-state index < -0.39 is 0 Å². The molecule has 0 saturated heterocycles. The first kappa shape index (κ1) is 19.4. The predicted octanol–water partition coefficient (Wildman–Crippen LogP) is 4.74. The maximum atomic E-state index is 3.84. The molecule has 3 heteroatoms. The highest BCUT2D eigenvalue weighted by Gasteiger charge is 2.18. The van der Waals surface area contributed by atoms with Gasteiger partial charge in [-0.2, -0.15) is 0 Å². The van der Waals surface area contributed by atoms with Gasteiger partial charge in [0.15, 0.2) is 11.0 Å². The molecule has 27 heavy (non-hydrogen) atoms. The van der Waals surface area contributed by atoms with Crippen molar-refractivity contribution in [1.82, 2.24) is 9.47 Å². The van der Waals surface area contributed by atoms with Crippen LogP contribution in [0, 0.1) is 0 Å². The molecule has 0 aliphatic rings. The summed E-state index contributed by atoms with van der Waals surface area (Å²) in [5.74, 6) is 0. The second-order valence-electron chi connectivity index (χ2n) is 7.80. The first-order valence-electron chi connectivity index (χ1n) is 9.94. The van der Waals surface area contributed by atoms with E-state index in [1.165, 1.54) is 16.6 Å². The van der Waals surface area contributed by atoms with Gasteiger partial charge in [0.25, 0.3) is 0 Å². The van der Waals surface area contributed by atoms with Gasteiger partial charge in [0.05, 0.1) is 0 Å². The molecule has 0 unspecified atom stereocenters. The first-order chi connectivity index (χ1) is 13.0. The van der Waals surface area contributed by atoms with Crippen LogP contribution in [-0.2, 0) is 13.1 Å². The molecule has 0 amide bonds.